The third-order valence-electron chi connectivity index (χ3n) is 6.30. The van der Waals surface area contributed by atoms with E-state index in [2.05, 4.69) is 58.5 Å². The maximum atomic E-state index is 13.5. The molecule has 1 N–H and O–H groups in total. The van der Waals surface area contributed by atoms with E-state index in [1.807, 2.05) is 42.3 Å². The van der Waals surface area contributed by atoms with Crippen molar-refractivity contribution in [2.24, 2.45) is 5.10 Å². The zero-order chi connectivity index (χ0) is 21.3. The van der Waals surface area contributed by atoms with E-state index >= 15 is 0 Å². The smallest absolute Gasteiger partial charge is 0.306 e. The van der Waals surface area contributed by atoms with Gasteiger partial charge in [0.25, 0.3) is 5.91 Å². The molecule has 5 nitrogen and oxygen atoms in total. The molecule has 6 heteroatoms. The van der Waals surface area contributed by atoms with Crippen LogP contribution in [0.25, 0.3) is 0 Å². The van der Waals surface area contributed by atoms with Gasteiger partial charge >= 0.3 is 5.72 Å². The van der Waals surface area contributed by atoms with Crippen LogP contribution < -0.4 is 10.1 Å². The largest absolute Gasteiger partial charge is 0.453 e. The molecule has 3 heterocycles. The van der Waals surface area contributed by atoms with Crippen LogP contribution in [0, 0.1) is 13.8 Å². The molecule has 0 radical (unpaired) electrons. The number of halogens is 1. The van der Waals surface area contributed by atoms with Crippen molar-refractivity contribution in [3.8, 4) is 5.75 Å². The summed E-state index contributed by atoms with van der Waals surface area (Å²) >= 11 is 3.59. The molecule has 31 heavy (non-hydrogen) atoms. The van der Waals surface area contributed by atoms with Crippen LogP contribution in [0.4, 0.5) is 5.69 Å². The third kappa shape index (κ3) is 2.61. The lowest BCUT2D eigenvalue weighted by Gasteiger charge is -2.44. The van der Waals surface area contributed by atoms with Crippen LogP contribution in [0.2, 0.25) is 0 Å². The number of rotatable bonds is 1. The zero-order valence-electron chi connectivity index (χ0n) is 17.1. The minimum atomic E-state index is -1.32. The van der Waals surface area contributed by atoms with Gasteiger partial charge in [-0.15, -0.1) is 0 Å². The second-order valence-electron chi connectivity index (χ2n) is 8.41. The Labute approximate surface area is 188 Å². The van der Waals surface area contributed by atoms with Crippen molar-refractivity contribution in [1.29, 1.82) is 0 Å². The van der Waals surface area contributed by atoms with Crippen LogP contribution in [0.15, 0.2) is 70.2 Å². The van der Waals surface area contributed by atoms with Crippen LogP contribution in [-0.4, -0.2) is 16.6 Å². The van der Waals surface area contributed by atoms with E-state index in [0.717, 1.165) is 38.1 Å². The van der Waals surface area contributed by atoms with E-state index < -0.39 is 5.72 Å². The normalized spacial score (nSPS) is 23.1. The van der Waals surface area contributed by atoms with E-state index in [4.69, 9.17) is 9.84 Å². The monoisotopic (exact) mass is 473 g/mol. The summed E-state index contributed by atoms with van der Waals surface area (Å²) in [4.78, 5) is 13.5. The molecule has 2 atom stereocenters. The maximum absolute atomic E-state index is 13.5. The van der Waals surface area contributed by atoms with Crippen molar-refractivity contribution in [1.82, 2.24) is 5.01 Å². The number of ether oxygens (including phenoxy) is 1. The number of nitrogens with zero attached hydrogens (tertiary/aromatic N) is 2. The van der Waals surface area contributed by atoms with Crippen LogP contribution in [-0.2, 0) is 10.5 Å². The lowest BCUT2D eigenvalue weighted by Crippen LogP contribution is -2.55. The van der Waals surface area contributed by atoms with Gasteiger partial charge in [-0.2, -0.15) is 5.10 Å². The Morgan fingerprint density at radius 1 is 1.06 bits per heavy atom. The quantitative estimate of drug-likeness (QED) is 0.513. The molecule has 3 aliphatic heterocycles. The molecule has 3 aromatic rings. The van der Waals surface area contributed by atoms with Crippen molar-refractivity contribution < 1.29 is 9.53 Å². The highest BCUT2D eigenvalue weighted by molar-refractivity contribution is 9.10. The topological polar surface area (TPSA) is 53.9 Å². The molecule has 3 aromatic carbocycles. The number of hydrazone groups is 1. The van der Waals surface area contributed by atoms with Gasteiger partial charge in [-0.25, -0.2) is 5.01 Å². The van der Waals surface area contributed by atoms with Gasteiger partial charge in [0.1, 0.15) is 5.75 Å². The maximum Gasteiger partial charge on any atom is 0.306 e. The predicted octanol–water partition coefficient (Wildman–Crippen LogP) is 5.41. The number of aryl methyl sites for hydroxylation is 2. The van der Waals surface area contributed by atoms with Gasteiger partial charge in [0.15, 0.2) is 0 Å². The molecule has 1 amide bonds. The Hall–Kier alpha value is -3.12. The predicted molar refractivity (Wildman–Crippen MR) is 123 cm³/mol. The fourth-order valence-electron chi connectivity index (χ4n) is 4.75. The first-order valence-corrected chi connectivity index (χ1v) is 11.1. The SMILES string of the molecule is Cc1ccc(C2=NN3[C@@H](C2)c2cc(Br)ccc2O[C@@]32C(=O)Nc3ccc(C)cc32)cc1. The molecule has 0 fully saturated rings. The first-order chi connectivity index (χ1) is 15.0. The van der Waals surface area contributed by atoms with E-state index in [1.54, 1.807) is 0 Å². The van der Waals surface area contributed by atoms with Gasteiger partial charge in [0, 0.05) is 16.5 Å². The third-order valence-corrected chi connectivity index (χ3v) is 6.80. The summed E-state index contributed by atoms with van der Waals surface area (Å²) in [5.74, 6) is 0.509. The van der Waals surface area contributed by atoms with Crippen molar-refractivity contribution in [2.75, 3.05) is 5.32 Å². The fourth-order valence-corrected chi connectivity index (χ4v) is 5.13. The lowest BCUT2D eigenvalue weighted by atomic mass is 9.92. The van der Waals surface area contributed by atoms with E-state index in [0.29, 0.717) is 12.2 Å². The molecule has 0 saturated heterocycles. The van der Waals surface area contributed by atoms with Gasteiger partial charge < -0.3 is 10.1 Å². The summed E-state index contributed by atoms with van der Waals surface area (Å²) in [7, 11) is 0. The number of amides is 1. The molecule has 0 unspecified atom stereocenters. The molecule has 0 aliphatic carbocycles. The van der Waals surface area contributed by atoms with Gasteiger partial charge in [-0.05, 0) is 49.7 Å². The van der Waals surface area contributed by atoms with Crippen molar-refractivity contribution >= 4 is 33.2 Å². The van der Waals surface area contributed by atoms with Gasteiger partial charge in [0.05, 0.1) is 23.0 Å². The Bertz CT molecular complexity index is 1280. The minimum Gasteiger partial charge on any atom is -0.453 e. The molecule has 6 rings (SSSR count). The number of nitrogens with one attached hydrogen (secondary N) is 1. The van der Waals surface area contributed by atoms with Crippen LogP contribution >= 0.6 is 15.9 Å². The molecular weight excluding hydrogens is 454 g/mol. The summed E-state index contributed by atoms with van der Waals surface area (Å²) in [5.41, 5.74) is 5.58. The van der Waals surface area contributed by atoms with Crippen molar-refractivity contribution in [3.63, 3.8) is 0 Å². The molecule has 0 saturated carbocycles. The Morgan fingerprint density at radius 2 is 1.84 bits per heavy atom. The average molecular weight is 474 g/mol. The highest BCUT2D eigenvalue weighted by Crippen LogP contribution is 2.54. The number of hydrogen-bond donors (Lipinski definition) is 1. The number of hydrogen-bond acceptors (Lipinski definition) is 4. The average Bonchev–Trinajstić information content (AvgIpc) is 3.31. The number of fused-ring (bicyclic) bond motifs is 6. The summed E-state index contributed by atoms with van der Waals surface area (Å²) in [6, 6.07) is 20.2. The number of carbonyl (C=O) groups is 1. The number of carbonyl (C=O) groups excluding carboxylic acids is 1. The van der Waals surface area contributed by atoms with Crippen molar-refractivity contribution in [3.05, 3.63) is 93.0 Å². The molecular formula is C25H20BrN3O2. The summed E-state index contributed by atoms with van der Waals surface area (Å²) < 4.78 is 7.51. The Kier molecular flexibility index (Phi) is 3.87. The first-order valence-electron chi connectivity index (χ1n) is 10.3. The van der Waals surface area contributed by atoms with Crippen LogP contribution in [0.3, 0.4) is 0 Å². The fraction of sp³-hybridized carbons (Fsp3) is 0.200. The van der Waals surface area contributed by atoms with E-state index in [1.165, 1.54) is 5.56 Å². The summed E-state index contributed by atoms with van der Waals surface area (Å²) in [5, 5.41) is 9.89. The summed E-state index contributed by atoms with van der Waals surface area (Å²) in [6.07, 6.45) is 0.700. The number of benzene rings is 3. The highest BCUT2D eigenvalue weighted by Gasteiger charge is 2.60. The van der Waals surface area contributed by atoms with E-state index in [-0.39, 0.29) is 11.9 Å². The lowest BCUT2D eigenvalue weighted by molar-refractivity contribution is -0.161. The second-order valence-corrected chi connectivity index (χ2v) is 9.32. The Balaban J connectivity index is 1.58. The summed E-state index contributed by atoms with van der Waals surface area (Å²) in [6.45, 7) is 4.09. The molecule has 1 spiro atoms. The minimum absolute atomic E-state index is 0.102. The molecule has 0 bridgehead atoms. The molecule has 0 aromatic heterocycles. The molecule has 3 aliphatic rings. The second kappa shape index (κ2) is 6.44. The molecule has 154 valence electrons. The first kappa shape index (κ1) is 18.6. The van der Waals surface area contributed by atoms with Crippen molar-refractivity contribution in [2.45, 2.75) is 32.0 Å². The van der Waals surface area contributed by atoms with Gasteiger partial charge in [-0.1, -0.05) is 57.4 Å². The standard InChI is InChI=1S/C25H20BrN3O2/c1-14-3-6-16(7-4-14)21-13-22-18-12-17(26)8-10-23(18)31-25(29(22)28-21)19-11-15(2)5-9-20(19)27-24(25)30/h3-12,22H,13H2,1-2H3,(H,27,30)/t22-,25-/m0/s1. The van der Waals surface area contributed by atoms with E-state index in [9.17, 15) is 4.79 Å². The van der Waals surface area contributed by atoms with Crippen LogP contribution in [0.5, 0.6) is 5.75 Å². The Morgan fingerprint density at radius 3 is 2.65 bits per heavy atom. The zero-order valence-corrected chi connectivity index (χ0v) is 18.7. The highest BCUT2D eigenvalue weighted by atomic mass is 79.9. The van der Waals surface area contributed by atoms with Gasteiger partial charge in [0.2, 0.25) is 0 Å². The number of anilines is 1. The van der Waals surface area contributed by atoms with Crippen LogP contribution in [0.1, 0.15) is 40.3 Å². The van der Waals surface area contributed by atoms with Gasteiger partial charge in [-0.3, -0.25) is 4.79 Å².